The Hall–Kier alpha value is -5.86. The number of hydrogen-bond acceptors (Lipinski definition) is 0. The molecule has 2 heterocycles. The Morgan fingerprint density at radius 2 is 0.932 bits per heavy atom. The molecule has 0 radical (unpaired) electrons. The van der Waals surface area contributed by atoms with Gasteiger partial charge in [0.2, 0.25) is 0 Å². The number of aromatic nitrogens is 2. The van der Waals surface area contributed by atoms with Crippen LogP contribution in [0.15, 0.2) is 170 Å². The molecule has 44 heavy (non-hydrogen) atoms. The molecular weight excluding hydrogens is 532 g/mol. The zero-order valence-corrected chi connectivity index (χ0v) is 24.1. The lowest BCUT2D eigenvalue weighted by Gasteiger charge is -2.13. The van der Waals surface area contributed by atoms with Crippen LogP contribution in [0, 0.1) is 0 Å². The zero-order chi connectivity index (χ0) is 29.0. The summed E-state index contributed by atoms with van der Waals surface area (Å²) in [6, 6.07) is 59.2. The molecule has 0 unspecified atom stereocenters. The molecule has 0 bridgehead atoms. The minimum Gasteiger partial charge on any atom is -0.316 e. The van der Waals surface area contributed by atoms with Crippen molar-refractivity contribution in [1.82, 2.24) is 9.13 Å². The molecule has 0 aliphatic carbocycles. The average molecular weight is 561 g/mol. The summed E-state index contributed by atoms with van der Waals surface area (Å²) in [5, 5.41) is 6.31. The van der Waals surface area contributed by atoms with Gasteiger partial charge in [-0.2, -0.15) is 0 Å². The summed E-state index contributed by atoms with van der Waals surface area (Å²) in [5.74, 6) is 0. The van der Waals surface area contributed by atoms with Gasteiger partial charge in [-0.3, -0.25) is 0 Å². The van der Waals surface area contributed by atoms with Crippen LogP contribution in [0.2, 0.25) is 0 Å². The van der Waals surface area contributed by atoms with Gasteiger partial charge in [0.25, 0.3) is 0 Å². The highest BCUT2D eigenvalue weighted by molar-refractivity contribution is 6.18. The van der Waals surface area contributed by atoms with Gasteiger partial charge >= 0.3 is 0 Å². The van der Waals surface area contributed by atoms with E-state index >= 15 is 0 Å². The Balaban J connectivity index is 1.29. The van der Waals surface area contributed by atoms with Crippen LogP contribution in [0.25, 0.3) is 77.1 Å². The lowest BCUT2D eigenvalue weighted by atomic mass is 9.98. The van der Waals surface area contributed by atoms with Crippen molar-refractivity contribution in [3.05, 3.63) is 170 Å². The van der Waals surface area contributed by atoms with Crippen molar-refractivity contribution in [2.24, 2.45) is 0 Å². The molecule has 2 nitrogen and oxygen atoms in total. The van der Waals surface area contributed by atoms with Gasteiger partial charge in [-0.15, -0.1) is 0 Å². The van der Waals surface area contributed by atoms with Crippen LogP contribution in [0.3, 0.4) is 0 Å². The van der Waals surface area contributed by atoms with E-state index in [1.54, 1.807) is 0 Å². The Morgan fingerprint density at radius 1 is 0.318 bits per heavy atom. The number of hydrogen-bond donors (Lipinski definition) is 0. The van der Waals surface area contributed by atoms with Crippen molar-refractivity contribution < 1.29 is 0 Å². The van der Waals surface area contributed by atoms with Gasteiger partial charge in [-0.1, -0.05) is 103 Å². The molecule has 0 amide bonds. The van der Waals surface area contributed by atoms with E-state index in [0.29, 0.717) is 0 Å². The van der Waals surface area contributed by atoms with Gasteiger partial charge < -0.3 is 9.13 Å². The predicted molar refractivity (Wildman–Crippen MR) is 186 cm³/mol. The molecular formula is C42H28N2. The smallest absolute Gasteiger partial charge is 0.0547 e. The lowest BCUT2D eigenvalue weighted by molar-refractivity contribution is 1.13. The van der Waals surface area contributed by atoms with Crippen LogP contribution >= 0.6 is 0 Å². The first-order valence-electron chi connectivity index (χ1n) is 15.1. The van der Waals surface area contributed by atoms with Gasteiger partial charge in [-0.25, -0.2) is 0 Å². The van der Waals surface area contributed by atoms with Gasteiger partial charge in [0, 0.05) is 33.7 Å². The van der Waals surface area contributed by atoms with Crippen LogP contribution < -0.4 is 0 Å². The van der Waals surface area contributed by atoms with Crippen LogP contribution in [0.5, 0.6) is 0 Å². The summed E-state index contributed by atoms with van der Waals surface area (Å²) in [5.41, 5.74) is 10.8. The average Bonchev–Trinajstić information content (AvgIpc) is 3.68. The Labute approximate surface area is 255 Å². The molecule has 0 atom stereocenters. The Morgan fingerprint density at radius 3 is 1.64 bits per heavy atom. The number of benzene rings is 7. The van der Waals surface area contributed by atoms with Crippen LogP contribution in [-0.2, 0) is 0 Å². The van der Waals surface area contributed by atoms with E-state index in [2.05, 4.69) is 179 Å². The molecule has 0 fully saturated rings. The maximum Gasteiger partial charge on any atom is 0.0547 e. The first-order valence-corrected chi connectivity index (χ1v) is 15.1. The molecule has 7 aromatic carbocycles. The summed E-state index contributed by atoms with van der Waals surface area (Å²) in [7, 11) is 0. The van der Waals surface area contributed by atoms with Crippen LogP contribution in [-0.4, -0.2) is 9.13 Å². The van der Waals surface area contributed by atoms with Crippen LogP contribution in [0.1, 0.15) is 0 Å². The van der Waals surface area contributed by atoms with E-state index in [0.717, 1.165) is 5.69 Å². The van der Waals surface area contributed by atoms with Crippen molar-refractivity contribution in [2.75, 3.05) is 0 Å². The lowest BCUT2D eigenvalue weighted by Crippen LogP contribution is -1.95. The molecule has 0 N–H and O–H groups in total. The minimum absolute atomic E-state index is 1.15. The Bertz CT molecular complexity index is 2410. The fourth-order valence-corrected chi connectivity index (χ4v) is 6.84. The quantitative estimate of drug-likeness (QED) is 0.203. The molecule has 0 saturated carbocycles. The third-order valence-corrected chi connectivity index (χ3v) is 8.91. The molecule has 2 heteroatoms. The fraction of sp³-hybridized carbons (Fsp3) is 0. The van der Waals surface area contributed by atoms with E-state index in [4.69, 9.17) is 0 Å². The number of nitrogens with zero attached hydrogens (tertiary/aromatic N) is 2. The number of para-hydroxylation sites is 2. The molecule has 0 aliphatic rings. The maximum atomic E-state index is 2.40. The summed E-state index contributed by atoms with van der Waals surface area (Å²) < 4.78 is 4.74. The normalized spacial score (nSPS) is 11.6. The van der Waals surface area contributed by atoms with Crippen molar-refractivity contribution in [3.8, 4) is 33.6 Å². The SMILES string of the molecule is c1ccc(-c2cc(-c3ccccc3)cc(-n3ccc4c5cc6c(cc5ccc43)c3ccccc3n6-c3ccccc3)c2)cc1. The minimum atomic E-state index is 1.15. The summed E-state index contributed by atoms with van der Waals surface area (Å²) in [6.07, 6.45) is 2.22. The molecule has 9 aromatic rings. The zero-order valence-electron chi connectivity index (χ0n) is 24.1. The second-order valence-corrected chi connectivity index (χ2v) is 11.5. The summed E-state index contributed by atoms with van der Waals surface area (Å²) in [4.78, 5) is 0. The van der Waals surface area contributed by atoms with Crippen molar-refractivity contribution in [2.45, 2.75) is 0 Å². The molecule has 9 rings (SSSR count). The topological polar surface area (TPSA) is 9.86 Å². The van der Waals surface area contributed by atoms with Crippen molar-refractivity contribution in [1.29, 1.82) is 0 Å². The van der Waals surface area contributed by atoms with E-state index < -0.39 is 0 Å². The predicted octanol–water partition coefficient (Wildman–Crippen LogP) is 11.2. The third kappa shape index (κ3) is 3.89. The van der Waals surface area contributed by atoms with E-state index in [1.165, 1.54) is 71.4 Å². The summed E-state index contributed by atoms with van der Waals surface area (Å²) >= 11 is 0. The van der Waals surface area contributed by atoms with E-state index in [1.807, 2.05) is 0 Å². The van der Waals surface area contributed by atoms with Crippen molar-refractivity contribution in [3.63, 3.8) is 0 Å². The molecule has 0 aliphatic heterocycles. The molecule has 206 valence electrons. The molecule has 0 spiro atoms. The highest BCUT2D eigenvalue weighted by Gasteiger charge is 2.16. The third-order valence-electron chi connectivity index (χ3n) is 8.91. The number of fused-ring (bicyclic) bond motifs is 6. The summed E-state index contributed by atoms with van der Waals surface area (Å²) in [6.45, 7) is 0. The van der Waals surface area contributed by atoms with Gasteiger partial charge in [-0.05, 0) is 93.7 Å². The van der Waals surface area contributed by atoms with Gasteiger partial charge in [0.15, 0.2) is 0 Å². The van der Waals surface area contributed by atoms with Gasteiger partial charge in [0.1, 0.15) is 0 Å². The fourth-order valence-electron chi connectivity index (χ4n) is 6.84. The highest BCUT2D eigenvalue weighted by Crippen LogP contribution is 2.38. The monoisotopic (exact) mass is 560 g/mol. The second kappa shape index (κ2) is 9.86. The largest absolute Gasteiger partial charge is 0.316 e. The molecule has 0 saturated heterocycles. The van der Waals surface area contributed by atoms with E-state index in [9.17, 15) is 0 Å². The standard InChI is InChI=1S/C42H28N2/c1-4-12-29(13-5-1)32-24-33(30-14-6-2-7-15-30)26-35(25-32)43-23-22-37-38-28-42-39(27-31(38)20-21-40(37)43)36-18-10-11-19-41(36)44(42)34-16-8-3-9-17-34/h1-28H. The molecule has 2 aromatic heterocycles. The van der Waals surface area contributed by atoms with Gasteiger partial charge in [0.05, 0.1) is 16.6 Å². The van der Waals surface area contributed by atoms with Crippen molar-refractivity contribution >= 4 is 43.5 Å². The first-order chi connectivity index (χ1) is 21.8. The maximum absolute atomic E-state index is 2.40. The van der Waals surface area contributed by atoms with Crippen LogP contribution in [0.4, 0.5) is 0 Å². The second-order valence-electron chi connectivity index (χ2n) is 11.5. The number of rotatable bonds is 4. The first kappa shape index (κ1) is 24.7. The Kier molecular flexibility index (Phi) is 5.54. The highest BCUT2D eigenvalue weighted by atomic mass is 15.0. The van der Waals surface area contributed by atoms with E-state index in [-0.39, 0.29) is 0 Å².